The van der Waals surface area contributed by atoms with E-state index in [1.165, 1.54) is 51.4 Å². The van der Waals surface area contributed by atoms with Gasteiger partial charge in [0.25, 0.3) is 0 Å². The van der Waals surface area contributed by atoms with Crippen LogP contribution in [0.1, 0.15) is 64.2 Å². The molecule has 18 heavy (non-hydrogen) atoms. The van der Waals surface area contributed by atoms with Gasteiger partial charge in [0, 0.05) is 0 Å². The molecule has 0 nitrogen and oxygen atoms in total. The SMILES string of the molecule is ClC(Br)(Br)CCCCCCCCCCC(Cl)(Br)Br. The van der Waals surface area contributed by atoms with Gasteiger partial charge in [-0.15, -0.1) is 0 Å². The van der Waals surface area contributed by atoms with Crippen molar-refractivity contribution in [2.45, 2.75) is 69.6 Å². The molecule has 0 radical (unpaired) electrons. The van der Waals surface area contributed by atoms with Gasteiger partial charge in [-0.1, -0.05) is 125 Å². The highest BCUT2D eigenvalue weighted by atomic mass is 79.9. The van der Waals surface area contributed by atoms with Crippen LogP contribution in [0.3, 0.4) is 0 Å². The standard InChI is InChI=1S/C12H20Br4Cl2/c13-11(14,17)9-7-5-3-1-2-4-6-8-10-12(15,16)18/h1-10H2. The molecule has 0 spiro atoms. The second kappa shape index (κ2) is 11.1. The third-order valence-electron chi connectivity index (χ3n) is 2.67. The lowest BCUT2D eigenvalue weighted by molar-refractivity contribution is 0.558. The molecular weight excluding hydrogens is 535 g/mol. The van der Waals surface area contributed by atoms with Gasteiger partial charge in [0.15, 0.2) is 5.39 Å². The third-order valence-corrected chi connectivity index (χ3v) is 4.63. The monoisotopic (exact) mass is 550 g/mol. The number of hydrogen-bond acceptors (Lipinski definition) is 0. The van der Waals surface area contributed by atoms with Gasteiger partial charge in [-0.2, -0.15) is 0 Å². The second-order valence-corrected chi connectivity index (χ2v) is 15.2. The first-order valence-electron chi connectivity index (χ1n) is 6.34. The summed E-state index contributed by atoms with van der Waals surface area (Å²) in [5.74, 6) is 0. The van der Waals surface area contributed by atoms with E-state index in [9.17, 15) is 0 Å². The van der Waals surface area contributed by atoms with Gasteiger partial charge in [-0.3, -0.25) is 0 Å². The summed E-state index contributed by atoms with van der Waals surface area (Å²) < 4.78 is -0.779. The van der Waals surface area contributed by atoms with Crippen LogP contribution in [0, 0.1) is 0 Å². The quantitative estimate of drug-likeness (QED) is 0.178. The van der Waals surface area contributed by atoms with Gasteiger partial charge >= 0.3 is 0 Å². The van der Waals surface area contributed by atoms with Crippen molar-refractivity contribution in [1.82, 2.24) is 0 Å². The van der Waals surface area contributed by atoms with E-state index in [0.717, 1.165) is 12.8 Å². The Hall–Kier alpha value is 2.50. The Kier molecular flexibility index (Phi) is 12.7. The molecular formula is C12H20Br4Cl2. The summed E-state index contributed by atoms with van der Waals surface area (Å²) in [6.45, 7) is 0. The average molecular weight is 555 g/mol. The van der Waals surface area contributed by atoms with Gasteiger partial charge in [0.05, 0.1) is 0 Å². The van der Waals surface area contributed by atoms with Gasteiger partial charge in [-0.25, -0.2) is 0 Å². The highest BCUT2D eigenvalue weighted by Gasteiger charge is 2.17. The molecule has 0 aromatic rings. The van der Waals surface area contributed by atoms with Crippen LogP contribution in [-0.2, 0) is 0 Å². The molecule has 0 bridgehead atoms. The first-order chi connectivity index (χ1) is 8.21. The minimum atomic E-state index is -0.389. The van der Waals surface area contributed by atoms with Crippen LogP contribution < -0.4 is 0 Å². The molecule has 0 atom stereocenters. The summed E-state index contributed by atoms with van der Waals surface area (Å²) in [4.78, 5) is 0. The zero-order chi connectivity index (χ0) is 14.1. The molecule has 0 amide bonds. The summed E-state index contributed by atoms with van der Waals surface area (Å²) in [6, 6.07) is 0. The van der Waals surface area contributed by atoms with Crippen molar-refractivity contribution in [2.24, 2.45) is 0 Å². The van der Waals surface area contributed by atoms with Crippen LogP contribution in [0.2, 0.25) is 0 Å². The Labute approximate surface area is 155 Å². The Morgan fingerprint density at radius 3 is 0.944 bits per heavy atom. The summed E-state index contributed by atoms with van der Waals surface area (Å²) >= 11 is 25.4. The predicted molar refractivity (Wildman–Crippen MR) is 99.0 cm³/mol. The minimum Gasteiger partial charge on any atom is -0.0940 e. The van der Waals surface area contributed by atoms with Crippen molar-refractivity contribution in [3.8, 4) is 0 Å². The van der Waals surface area contributed by atoms with Crippen molar-refractivity contribution >= 4 is 86.9 Å². The van der Waals surface area contributed by atoms with Crippen LogP contribution >= 0.6 is 86.9 Å². The lowest BCUT2D eigenvalue weighted by Crippen LogP contribution is -1.99. The Balaban J connectivity index is 3.13. The molecule has 0 saturated heterocycles. The minimum absolute atomic E-state index is 0.389. The lowest BCUT2D eigenvalue weighted by Gasteiger charge is -2.11. The van der Waals surface area contributed by atoms with Crippen LogP contribution in [0.25, 0.3) is 0 Å². The molecule has 110 valence electrons. The Morgan fingerprint density at radius 1 is 0.500 bits per heavy atom. The Morgan fingerprint density at radius 2 is 0.722 bits per heavy atom. The zero-order valence-electron chi connectivity index (χ0n) is 10.3. The summed E-state index contributed by atoms with van der Waals surface area (Å²) in [6.07, 6.45) is 12.1. The van der Waals surface area contributed by atoms with Crippen LogP contribution in [0.15, 0.2) is 0 Å². The molecule has 0 aliphatic rings. The molecule has 0 aromatic heterocycles. The number of rotatable bonds is 11. The molecule has 0 aliphatic heterocycles. The first-order valence-corrected chi connectivity index (χ1v) is 10.3. The van der Waals surface area contributed by atoms with Gasteiger partial charge in [0.2, 0.25) is 0 Å². The molecule has 0 N–H and O–H groups in total. The van der Waals surface area contributed by atoms with Crippen LogP contribution in [0.4, 0.5) is 0 Å². The van der Waals surface area contributed by atoms with E-state index >= 15 is 0 Å². The zero-order valence-corrected chi connectivity index (χ0v) is 18.2. The molecule has 6 heteroatoms. The van der Waals surface area contributed by atoms with Crippen LogP contribution in [0.5, 0.6) is 0 Å². The van der Waals surface area contributed by atoms with E-state index in [-0.39, 0.29) is 5.39 Å². The predicted octanol–water partition coefficient (Wildman–Crippen LogP) is 8.25. The van der Waals surface area contributed by atoms with E-state index in [1.807, 2.05) is 0 Å². The maximum absolute atomic E-state index is 5.98. The summed E-state index contributed by atoms with van der Waals surface area (Å²) in [7, 11) is 0. The van der Waals surface area contributed by atoms with E-state index in [0.29, 0.717) is 0 Å². The van der Waals surface area contributed by atoms with Crippen molar-refractivity contribution in [2.75, 3.05) is 0 Å². The topological polar surface area (TPSA) is 0 Å². The van der Waals surface area contributed by atoms with E-state index in [4.69, 9.17) is 23.2 Å². The normalized spacial score (nSPS) is 13.0. The molecule has 0 aliphatic carbocycles. The summed E-state index contributed by atoms with van der Waals surface area (Å²) in [5, 5.41) is 0. The van der Waals surface area contributed by atoms with Crippen molar-refractivity contribution in [3.63, 3.8) is 0 Å². The van der Waals surface area contributed by atoms with E-state index < -0.39 is 0 Å². The molecule has 0 fully saturated rings. The molecule has 0 rings (SSSR count). The van der Waals surface area contributed by atoms with Crippen molar-refractivity contribution < 1.29 is 0 Å². The highest BCUT2D eigenvalue weighted by molar-refractivity contribution is 9.26. The van der Waals surface area contributed by atoms with Crippen molar-refractivity contribution in [3.05, 3.63) is 0 Å². The smallest absolute Gasteiger partial charge is 0.0940 e. The molecule has 0 heterocycles. The number of halogens is 6. The maximum Gasteiger partial charge on any atom is 0.153 e. The third kappa shape index (κ3) is 18.5. The molecule has 0 saturated carbocycles. The second-order valence-electron chi connectivity index (χ2n) is 4.56. The highest BCUT2D eigenvalue weighted by Crippen LogP contribution is 2.37. The van der Waals surface area contributed by atoms with Crippen LogP contribution in [-0.4, -0.2) is 5.39 Å². The number of unbranched alkanes of at least 4 members (excludes halogenated alkanes) is 7. The maximum atomic E-state index is 5.98. The lowest BCUT2D eigenvalue weighted by atomic mass is 10.1. The Bertz CT molecular complexity index is 177. The fourth-order valence-electron chi connectivity index (χ4n) is 1.71. The van der Waals surface area contributed by atoms with Gasteiger partial charge in [0.1, 0.15) is 0 Å². The fourth-order valence-corrected chi connectivity index (χ4v) is 3.10. The van der Waals surface area contributed by atoms with E-state index in [2.05, 4.69) is 63.7 Å². The first kappa shape index (κ1) is 20.5. The average Bonchev–Trinajstić information content (AvgIpc) is 2.17. The van der Waals surface area contributed by atoms with Gasteiger partial charge < -0.3 is 0 Å². The number of alkyl halides is 6. The summed E-state index contributed by atoms with van der Waals surface area (Å²) in [5.41, 5.74) is 0. The van der Waals surface area contributed by atoms with Gasteiger partial charge in [-0.05, 0) is 25.7 Å². The largest absolute Gasteiger partial charge is 0.153 e. The molecule has 0 unspecified atom stereocenters. The number of hydrogen-bond donors (Lipinski definition) is 0. The van der Waals surface area contributed by atoms with Crippen molar-refractivity contribution in [1.29, 1.82) is 0 Å². The fraction of sp³-hybridized carbons (Fsp3) is 1.00. The van der Waals surface area contributed by atoms with E-state index in [1.54, 1.807) is 0 Å². The molecule has 0 aromatic carbocycles.